The number of benzene rings is 2. The van der Waals surface area contributed by atoms with Crippen molar-refractivity contribution in [2.45, 2.75) is 37.8 Å². The van der Waals surface area contributed by atoms with E-state index in [9.17, 15) is 10.4 Å². The van der Waals surface area contributed by atoms with Crippen molar-refractivity contribution in [1.82, 2.24) is 0 Å². The minimum absolute atomic E-state index is 0.372. The van der Waals surface area contributed by atoms with Crippen LogP contribution in [0.25, 0.3) is 0 Å². The van der Waals surface area contributed by atoms with Crippen molar-refractivity contribution in [1.29, 1.82) is 0 Å². The minimum atomic E-state index is -0.372. The summed E-state index contributed by atoms with van der Waals surface area (Å²) in [5, 5.41) is 25.6. The van der Waals surface area contributed by atoms with Crippen molar-refractivity contribution in [3.63, 3.8) is 0 Å². The fourth-order valence-electron chi connectivity index (χ4n) is 3.55. The van der Waals surface area contributed by atoms with Gasteiger partial charge in [-0.05, 0) is 61.4 Å². The number of hydrogen-bond donors (Lipinski definition) is 0. The van der Waals surface area contributed by atoms with Gasteiger partial charge in [0.1, 0.15) is 11.5 Å². The molecule has 0 aromatic heterocycles. The molecular formula is C22H26N2O4. The van der Waals surface area contributed by atoms with Crippen LogP contribution >= 0.6 is 0 Å². The molecule has 0 bridgehead atoms. The fraction of sp³-hybridized carbons (Fsp3) is 0.364. The zero-order valence-electron chi connectivity index (χ0n) is 16.3. The smallest absolute Gasteiger partial charge is 0.224 e. The summed E-state index contributed by atoms with van der Waals surface area (Å²) in [5.41, 5.74) is 1.58. The van der Waals surface area contributed by atoms with Crippen LogP contribution in [-0.2, 0) is 0 Å². The lowest BCUT2D eigenvalue weighted by molar-refractivity contribution is -0.598. The summed E-state index contributed by atoms with van der Waals surface area (Å²) < 4.78 is 12.2. The Morgan fingerprint density at radius 3 is 1.39 bits per heavy atom. The highest BCUT2D eigenvalue weighted by molar-refractivity contribution is 5.76. The van der Waals surface area contributed by atoms with Gasteiger partial charge in [-0.3, -0.25) is 0 Å². The fourth-order valence-corrected chi connectivity index (χ4v) is 3.55. The molecule has 0 radical (unpaired) electrons. The van der Waals surface area contributed by atoms with Crippen LogP contribution in [0.1, 0.15) is 36.8 Å². The van der Waals surface area contributed by atoms with E-state index in [0.717, 1.165) is 44.9 Å². The van der Waals surface area contributed by atoms with Gasteiger partial charge in [0.05, 0.1) is 14.2 Å². The molecule has 0 saturated heterocycles. The molecular weight excluding hydrogens is 356 g/mol. The highest BCUT2D eigenvalue weighted by Gasteiger charge is 2.37. The van der Waals surface area contributed by atoms with Gasteiger partial charge in [0.25, 0.3) is 0 Å². The van der Waals surface area contributed by atoms with Crippen molar-refractivity contribution in [2.24, 2.45) is 0 Å². The Bertz CT molecular complexity index is 757. The Labute approximate surface area is 165 Å². The molecule has 0 spiro atoms. The average Bonchev–Trinajstić information content (AvgIpc) is 2.74. The second-order valence-corrected chi connectivity index (χ2v) is 6.94. The molecule has 1 aliphatic carbocycles. The van der Waals surface area contributed by atoms with Crippen LogP contribution in [0, 0.1) is 10.4 Å². The standard InChI is InChI=1S/C22H26N2O4/c1-27-19-11-7-17(8-12-19)15-23(25)21-5-3-4-6-22(21)24(26)16-18-9-13-20(28-2)14-10-18/h7-16,21-22H,3-6H2,1-2H3/b23-15-,24-16-/t21-,22-/m0/s1. The molecule has 1 saturated carbocycles. The Balaban J connectivity index is 1.79. The van der Waals surface area contributed by atoms with Gasteiger partial charge in [-0.2, -0.15) is 0 Å². The van der Waals surface area contributed by atoms with Crippen molar-refractivity contribution in [2.75, 3.05) is 14.2 Å². The van der Waals surface area contributed by atoms with E-state index in [1.165, 1.54) is 0 Å². The third kappa shape index (κ3) is 4.82. The summed E-state index contributed by atoms with van der Waals surface area (Å²) in [7, 11) is 3.21. The number of nitrogens with zero attached hydrogens (tertiary/aromatic N) is 2. The van der Waals surface area contributed by atoms with E-state index >= 15 is 0 Å². The van der Waals surface area contributed by atoms with Gasteiger partial charge < -0.3 is 19.9 Å². The highest BCUT2D eigenvalue weighted by Crippen LogP contribution is 2.23. The maximum absolute atomic E-state index is 12.8. The first-order valence-electron chi connectivity index (χ1n) is 9.49. The van der Waals surface area contributed by atoms with Crippen molar-refractivity contribution in [3.8, 4) is 11.5 Å². The SMILES string of the molecule is COc1ccc(/C=[N+](\[O-])[C@H]2CCCC[C@@H]2/[N+]([O-])=C/c2ccc(OC)cc2)cc1. The van der Waals surface area contributed by atoms with E-state index in [0.29, 0.717) is 12.8 Å². The Morgan fingerprint density at radius 2 is 1.07 bits per heavy atom. The number of hydroxylamine groups is 2. The van der Waals surface area contributed by atoms with Gasteiger partial charge >= 0.3 is 0 Å². The van der Waals surface area contributed by atoms with Crippen molar-refractivity contribution < 1.29 is 19.0 Å². The van der Waals surface area contributed by atoms with E-state index < -0.39 is 0 Å². The van der Waals surface area contributed by atoms with E-state index in [4.69, 9.17) is 9.47 Å². The highest BCUT2D eigenvalue weighted by atomic mass is 16.5. The molecule has 2 atom stereocenters. The summed E-state index contributed by atoms with van der Waals surface area (Å²) in [4.78, 5) is 0. The van der Waals surface area contributed by atoms with Crippen molar-refractivity contribution in [3.05, 3.63) is 70.1 Å². The van der Waals surface area contributed by atoms with Crippen LogP contribution in [-0.4, -0.2) is 48.2 Å². The van der Waals surface area contributed by atoms with Gasteiger partial charge in [-0.1, -0.05) is 0 Å². The monoisotopic (exact) mass is 382 g/mol. The number of hydrogen-bond acceptors (Lipinski definition) is 4. The average molecular weight is 382 g/mol. The van der Waals surface area contributed by atoms with E-state index in [1.807, 2.05) is 48.5 Å². The quantitative estimate of drug-likeness (QED) is 0.331. The summed E-state index contributed by atoms with van der Waals surface area (Å²) in [6.07, 6.45) is 6.43. The predicted octanol–water partition coefficient (Wildman–Crippen LogP) is 3.57. The first kappa shape index (κ1) is 19.7. The lowest BCUT2D eigenvalue weighted by atomic mass is 9.90. The van der Waals surface area contributed by atoms with Gasteiger partial charge in [-0.15, -0.1) is 0 Å². The number of rotatable bonds is 6. The molecule has 28 heavy (non-hydrogen) atoms. The molecule has 3 rings (SSSR count). The first-order chi connectivity index (χ1) is 13.6. The van der Waals surface area contributed by atoms with Crippen LogP contribution < -0.4 is 9.47 Å². The molecule has 2 aromatic rings. The molecule has 0 unspecified atom stereocenters. The number of ether oxygens (including phenoxy) is 2. The van der Waals surface area contributed by atoms with Crippen LogP contribution in [0.3, 0.4) is 0 Å². The van der Waals surface area contributed by atoms with Crippen molar-refractivity contribution >= 4 is 12.4 Å². The zero-order valence-corrected chi connectivity index (χ0v) is 16.3. The Morgan fingerprint density at radius 1 is 0.714 bits per heavy atom. The lowest BCUT2D eigenvalue weighted by Gasteiger charge is -2.28. The maximum Gasteiger partial charge on any atom is 0.224 e. The molecule has 0 aliphatic heterocycles. The Kier molecular flexibility index (Phi) is 6.53. The molecule has 1 fully saturated rings. The normalized spacial score (nSPS) is 20.6. The van der Waals surface area contributed by atoms with Crippen LogP contribution in [0.5, 0.6) is 11.5 Å². The molecule has 1 aliphatic rings. The summed E-state index contributed by atoms with van der Waals surface area (Å²) in [5.74, 6) is 1.48. The van der Waals surface area contributed by atoms with Crippen LogP contribution in [0.15, 0.2) is 48.5 Å². The molecule has 6 nitrogen and oxygen atoms in total. The minimum Gasteiger partial charge on any atom is -0.623 e. The number of methoxy groups -OCH3 is 2. The molecule has 0 heterocycles. The van der Waals surface area contributed by atoms with E-state index in [1.54, 1.807) is 26.6 Å². The molecule has 0 amide bonds. The molecule has 2 aromatic carbocycles. The Hall–Kier alpha value is -3.02. The topological polar surface area (TPSA) is 70.6 Å². The van der Waals surface area contributed by atoms with Crippen LogP contribution in [0.2, 0.25) is 0 Å². The van der Waals surface area contributed by atoms with Crippen LogP contribution in [0.4, 0.5) is 0 Å². The molecule has 148 valence electrons. The lowest BCUT2D eigenvalue weighted by Crippen LogP contribution is -2.44. The van der Waals surface area contributed by atoms with Gasteiger partial charge in [0.15, 0.2) is 12.4 Å². The van der Waals surface area contributed by atoms with Gasteiger partial charge in [-0.25, -0.2) is 9.48 Å². The van der Waals surface area contributed by atoms with E-state index in [-0.39, 0.29) is 12.1 Å². The largest absolute Gasteiger partial charge is 0.623 e. The first-order valence-corrected chi connectivity index (χ1v) is 9.49. The summed E-state index contributed by atoms with van der Waals surface area (Å²) >= 11 is 0. The summed E-state index contributed by atoms with van der Waals surface area (Å²) in [6, 6.07) is 13.8. The van der Waals surface area contributed by atoms with Gasteiger partial charge in [0.2, 0.25) is 12.1 Å². The molecule has 0 N–H and O–H groups in total. The van der Waals surface area contributed by atoms with Gasteiger partial charge in [0, 0.05) is 24.0 Å². The third-order valence-electron chi connectivity index (χ3n) is 5.13. The van der Waals surface area contributed by atoms with E-state index in [2.05, 4.69) is 0 Å². The third-order valence-corrected chi connectivity index (χ3v) is 5.13. The maximum atomic E-state index is 12.8. The predicted molar refractivity (Wildman–Crippen MR) is 110 cm³/mol. The summed E-state index contributed by atoms with van der Waals surface area (Å²) in [6.45, 7) is 0. The second-order valence-electron chi connectivity index (χ2n) is 6.94. The molecule has 6 heteroatoms. The zero-order chi connectivity index (χ0) is 19.9. The second kappa shape index (κ2) is 9.26.